The van der Waals surface area contributed by atoms with Gasteiger partial charge in [-0.25, -0.2) is 0 Å². The summed E-state index contributed by atoms with van der Waals surface area (Å²) in [7, 11) is 0. The van der Waals surface area contributed by atoms with Crippen LogP contribution in [0.4, 0.5) is 5.69 Å². The van der Waals surface area contributed by atoms with E-state index in [0.717, 1.165) is 11.3 Å². The molecule has 20 heavy (non-hydrogen) atoms. The van der Waals surface area contributed by atoms with Gasteiger partial charge < -0.3 is 4.74 Å². The molecule has 0 fully saturated rings. The Bertz CT molecular complexity index is 684. The fourth-order valence-electron chi connectivity index (χ4n) is 2.44. The van der Waals surface area contributed by atoms with E-state index in [-0.39, 0.29) is 0 Å². The normalized spacial score (nSPS) is 14.8. The van der Waals surface area contributed by atoms with E-state index in [4.69, 9.17) is 4.74 Å². The fraction of sp³-hybridized carbons (Fsp3) is 0.167. The van der Waals surface area contributed by atoms with E-state index < -0.39 is 0 Å². The largest absolute Gasteiger partial charge is 0.435 e. The second-order valence-electron chi connectivity index (χ2n) is 5.00. The highest BCUT2D eigenvalue weighted by atomic mass is 16.5. The van der Waals surface area contributed by atoms with Crippen molar-refractivity contribution in [2.45, 2.75) is 13.8 Å². The molecule has 0 atom stereocenters. The molecule has 0 spiro atoms. The molecule has 0 aromatic heterocycles. The zero-order valence-electron chi connectivity index (χ0n) is 11.8. The second kappa shape index (κ2) is 5.33. The number of benzene rings is 2. The Morgan fingerprint density at radius 1 is 0.900 bits per heavy atom. The van der Waals surface area contributed by atoms with Crippen LogP contribution in [0.5, 0.6) is 0 Å². The molecule has 0 saturated carbocycles. The summed E-state index contributed by atoms with van der Waals surface area (Å²) in [6.45, 7) is 4.80. The Kier molecular flexibility index (Phi) is 3.38. The molecule has 3 rings (SSSR count). The Morgan fingerprint density at radius 2 is 1.60 bits per heavy atom. The lowest BCUT2D eigenvalue weighted by atomic mass is 10.1. The number of nitrogens with zero attached hydrogens (tertiary/aromatic N) is 1. The minimum Gasteiger partial charge on any atom is -0.435 e. The highest BCUT2D eigenvalue weighted by molar-refractivity contribution is 5.95. The molecule has 0 N–H and O–H groups in total. The summed E-state index contributed by atoms with van der Waals surface area (Å²) in [5.41, 5.74) is 4.78. The molecule has 1 heterocycles. The average Bonchev–Trinajstić information content (AvgIpc) is 2.49. The molecule has 1 aliphatic heterocycles. The van der Waals surface area contributed by atoms with Crippen LogP contribution >= 0.6 is 0 Å². The maximum atomic E-state index is 5.92. The minimum absolute atomic E-state index is 0.553. The maximum Gasteiger partial charge on any atom is 0.292 e. The van der Waals surface area contributed by atoms with Gasteiger partial charge in [0.25, 0.3) is 6.73 Å². The van der Waals surface area contributed by atoms with Crippen molar-refractivity contribution in [3.05, 3.63) is 71.8 Å². The number of allylic oxidation sites excluding steroid dienone is 1. The van der Waals surface area contributed by atoms with Crippen LogP contribution in [0.3, 0.4) is 0 Å². The van der Waals surface area contributed by atoms with Crippen LogP contribution in [-0.4, -0.2) is 17.0 Å². The summed E-state index contributed by atoms with van der Waals surface area (Å²) < 4.78 is 8.12. The molecule has 2 aromatic rings. The first-order chi connectivity index (χ1) is 9.75. The van der Waals surface area contributed by atoms with Gasteiger partial charge in [0.2, 0.25) is 5.69 Å². The van der Waals surface area contributed by atoms with Gasteiger partial charge in [0.15, 0.2) is 5.71 Å². The molecule has 0 radical (unpaired) electrons. The van der Waals surface area contributed by atoms with Gasteiger partial charge in [-0.3, -0.25) is 0 Å². The SMILES string of the molecule is CC1=[N+](c2ccccc2C)COC(c2ccccc2)=C1. The maximum absolute atomic E-state index is 5.92. The van der Waals surface area contributed by atoms with Gasteiger partial charge in [-0.1, -0.05) is 48.5 Å². The van der Waals surface area contributed by atoms with Crippen LogP contribution in [0.1, 0.15) is 18.1 Å². The zero-order chi connectivity index (χ0) is 13.9. The molecule has 0 unspecified atom stereocenters. The summed E-state index contributed by atoms with van der Waals surface area (Å²) in [6.07, 6.45) is 2.10. The number of aryl methyl sites for hydroxylation is 1. The molecule has 0 saturated heterocycles. The second-order valence-corrected chi connectivity index (χ2v) is 5.00. The fourth-order valence-corrected chi connectivity index (χ4v) is 2.44. The summed E-state index contributed by atoms with van der Waals surface area (Å²) in [4.78, 5) is 0. The molecule has 2 heteroatoms. The van der Waals surface area contributed by atoms with Crippen LogP contribution < -0.4 is 0 Å². The van der Waals surface area contributed by atoms with E-state index in [1.165, 1.54) is 17.0 Å². The zero-order valence-corrected chi connectivity index (χ0v) is 11.8. The van der Waals surface area contributed by atoms with E-state index in [9.17, 15) is 0 Å². The van der Waals surface area contributed by atoms with Crippen molar-refractivity contribution in [2.24, 2.45) is 0 Å². The van der Waals surface area contributed by atoms with E-state index in [2.05, 4.69) is 60.9 Å². The molecule has 2 aromatic carbocycles. The van der Waals surface area contributed by atoms with Gasteiger partial charge >= 0.3 is 0 Å². The smallest absolute Gasteiger partial charge is 0.292 e. The van der Waals surface area contributed by atoms with E-state index >= 15 is 0 Å². The van der Waals surface area contributed by atoms with Gasteiger partial charge in [0.1, 0.15) is 5.76 Å². The van der Waals surface area contributed by atoms with E-state index in [1.807, 2.05) is 18.2 Å². The lowest BCUT2D eigenvalue weighted by Gasteiger charge is -2.16. The van der Waals surface area contributed by atoms with Crippen molar-refractivity contribution >= 4 is 17.2 Å². The van der Waals surface area contributed by atoms with Gasteiger partial charge in [0.05, 0.1) is 0 Å². The number of ether oxygens (including phenoxy) is 1. The van der Waals surface area contributed by atoms with Gasteiger partial charge in [0, 0.05) is 30.2 Å². The topological polar surface area (TPSA) is 12.2 Å². The molecular weight excluding hydrogens is 246 g/mol. The van der Waals surface area contributed by atoms with Gasteiger partial charge in [-0.2, -0.15) is 4.58 Å². The van der Waals surface area contributed by atoms with Crippen LogP contribution in [0.15, 0.2) is 60.7 Å². The first-order valence-corrected chi connectivity index (χ1v) is 6.82. The number of para-hydroxylation sites is 1. The minimum atomic E-state index is 0.553. The Morgan fingerprint density at radius 3 is 2.30 bits per heavy atom. The van der Waals surface area contributed by atoms with Crippen LogP contribution in [0.2, 0.25) is 0 Å². The van der Waals surface area contributed by atoms with Crippen molar-refractivity contribution in [1.82, 2.24) is 0 Å². The predicted molar refractivity (Wildman–Crippen MR) is 82.2 cm³/mol. The first-order valence-electron chi connectivity index (χ1n) is 6.82. The van der Waals surface area contributed by atoms with Gasteiger partial charge in [-0.05, 0) is 6.92 Å². The number of rotatable bonds is 2. The number of hydrogen-bond donors (Lipinski definition) is 0. The molecule has 0 amide bonds. The lowest BCUT2D eigenvalue weighted by molar-refractivity contribution is -0.485. The Labute approximate surface area is 119 Å². The van der Waals surface area contributed by atoms with Gasteiger partial charge in [-0.15, -0.1) is 0 Å². The lowest BCUT2D eigenvalue weighted by Crippen LogP contribution is -2.21. The monoisotopic (exact) mass is 264 g/mol. The third-order valence-corrected chi connectivity index (χ3v) is 3.58. The van der Waals surface area contributed by atoms with Crippen molar-refractivity contribution in [3.63, 3.8) is 0 Å². The summed E-state index contributed by atoms with van der Waals surface area (Å²) in [5, 5.41) is 0. The van der Waals surface area contributed by atoms with E-state index in [1.54, 1.807) is 0 Å². The van der Waals surface area contributed by atoms with Crippen LogP contribution in [-0.2, 0) is 4.74 Å². The number of hydrogen-bond acceptors (Lipinski definition) is 1. The van der Waals surface area contributed by atoms with Crippen molar-refractivity contribution in [1.29, 1.82) is 0 Å². The highest BCUT2D eigenvalue weighted by Crippen LogP contribution is 2.24. The van der Waals surface area contributed by atoms with Crippen LogP contribution in [0.25, 0.3) is 5.76 Å². The first kappa shape index (κ1) is 12.7. The quantitative estimate of drug-likeness (QED) is 0.743. The highest BCUT2D eigenvalue weighted by Gasteiger charge is 2.21. The average molecular weight is 264 g/mol. The third-order valence-electron chi connectivity index (χ3n) is 3.58. The predicted octanol–water partition coefficient (Wildman–Crippen LogP) is 4.13. The molecule has 1 aliphatic rings. The standard InChI is InChI=1S/C18H18NO/c1-14-8-6-7-11-17(14)19-13-20-18(12-15(19)2)16-9-4-3-5-10-16/h3-12H,13H2,1-2H3/q+1. The summed E-state index contributed by atoms with van der Waals surface area (Å²) in [6, 6.07) is 18.6. The molecule has 2 nitrogen and oxygen atoms in total. The molecule has 0 bridgehead atoms. The van der Waals surface area contributed by atoms with Crippen LogP contribution in [0, 0.1) is 6.92 Å². The van der Waals surface area contributed by atoms with E-state index in [0.29, 0.717) is 6.73 Å². The molecular formula is C18H18NO+. The third kappa shape index (κ3) is 2.37. The van der Waals surface area contributed by atoms with Crippen molar-refractivity contribution in [2.75, 3.05) is 6.73 Å². The van der Waals surface area contributed by atoms with Crippen molar-refractivity contribution in [3.8, 4) is 0 Å². The Balaban J connectivity index is 2.00. The molecule has 100 valence electrons. The summed E-state index contributed by atoms with van der Waals surface area (Å²) >= 11 is 0. The van der Waals surface area contributed by atoms with Crippen molar-refractivity contribution < 1.29 is 9.31 Å². The Hall–Kier alpha value is -2.35. The summed E-state index contributed by atoms with van der Waals surface area (Å²) in [5.74, 6) is 0.938. The molecule has 0 aliphatic carbocycles.